The summed E-state index contributed by atoms with van der Waals surface area (Å²) in [4.78, 5) is 12.0. The molecule has 0 aliphatic heterocycles. The molecule has 6 heteroatoms. The van der Waals surface area contributed by atoms with Crippen LogP contribution in [0.4, 0.5) is 10.5 Å². The van der Waals surface area contributed by atoms with E-state index in [1.54, 1.807) is 36.4 Å². The molecule has 0 unspecified atom stereocenters. The third kappa shape index (κ3) is 5.90. The molecule has 1 fully saturated rings. The molecule has 0 aromatic heterocycles. The van der Waals surface area contributed by atoms with Gasteiger partial charge in [-0.15, -0.1) is 0 Å². The quantitative estimate of drug-likeness (QED) is 0.765. The van der Waals surface area contributed by atoms with Gasteiger partial charge in [0.15, 0.2) is 0 Å². The third-order valence-corrected chi connectivity index (χ3v) is 4.99. The Labute approximate surface area is 164 Å². The van der Waals surface area contributed by atoms with E-state index in [2.05, 4.69) is 16.7 Å². The van der Waals surface area contributed by atoms with Crippen molar-refractivity contribution in [3.05, 3.63) is 59.1 Å². The molecule has 0 atom stereocenters. The first-order chi connectivity index (χ1) is 13.1. The minimum Gasteiger partial charge on any atom is -0.490 e. The number of ether oxygens (including phenoxy) is 1. The normalized spacial score (nSPS) is 19.0. The topological polar surface area (TPSA) is 74.1 Å². The van der Waals surface area contributed by atoms with Crippen LogP contribution < -0.4 is 15.4 Å². The van der Waals surface area contributed by atoms with Crippen LogP contribution in [0.5, 0.6) is 5.75 Å². The van der Waals surface area contributed by atoms with Crippen LogP contribution in [0.1, 0.15) is 31.2 Å². The number of carbonyl (C=O) groups is 1. The molecular formula is C21H22ClN3O2. The van der Waals surface area contributed by atoms with Crippen molar-refractivity contribution in [1.82, 2.24) is 5.32 Å². The number of nitrogens with zero attached hydrogens (tertiary/aromatic N) is 1. The smallest absolute Gasteiger partial charge is 0.319 e. The van der Waals surface area contributed by atoms with Gasteiger partial charge in [0.25, 0.3) is 0 Å². The fourth-order valence-electron chi connectivity index (χ4n) is 3.20. The lowest BCUT2D eigenvalue weighted by molar-refractivity contribution is 0.131. The molecule has 2 aromatic carbocycles. The highest BCUT2D eigenvalue weighted by atomic mass is 35.5. The molecule has 5 nitrogen and oxygen atoms in total. The molecule has 1 aliphatic carbocycles. The van der Waals surface area contributed by atoms with Gasteiger partial charge in [-0.2, -0.15) is 5.26 Å². The van der Waals surface area contributed by atoms with Crippen molar-refractivity contribution in [3.8, 4) is 11.8 Å². The van der Waals surface area contributed by atoms with Crippen molar-refractivity contribution >= 4 is 23.3 Å². The van der Waals surface area contributed by atoms with E-state index in [0.29, 0.717) is 23.0 Å². The lowest BCUT2D eigenvalue weighted by Gasteiger charge is -2.29. The van der Waals surface area contributed by atoms with Gasteiger partial charge >= 0.3 is 6.03 Å². The van der Waals surface area contributed by atoms with Crippen molar-refractivity contribution in [3.63, 3.8) is 0 Å². The highest BCUT2D eigenvalue weighted by molar-refractivity contribution is 6.30. The Bertz CT molecular complexity index is 792. The van der Waals surface area contributed by atoms with Crippen LogP contribution in [0.2, 0.25) is 5.02 Å². The zero-order valence-corrected chi connectivity index (χ0v) is 15.7. The third-order valence-electron chi connectivity index (χ3n) is 4.73. The molecule has 1 aliphatic rings. The lowest BCUT2D eigenvalue weighted by atomic mass is 9.87. The van der Waals surface area contributed by atoms with Crippen LogP contribution in [0.15, 0.2) is 48.5 Å². The molecule has 0 spiro atoms. The molecular weight excluding hydrogens is 362 g/mol. The van der Waals surface area contributed by atoms with Crippen LogP contribution >= 0.6 is 11.6 Å². The molecule has 3 rings (SSSR count). The number of nitrogens with one attached hydrogen (secondary N) is 2. The maximum absolute atomic E-state index is 12.0. The molecule has 2 N–H and O–H groups in total. The van der Waals surface area contributed by atoms with Gasteiger partial charge < -0.3 is 15.4 Å². The van der Waals surface area contributed by atoms with Crippen molar-refractivity contribution in [2.24, 2.45) is 5.92 Å². The van der Waals surface area contributed by atoms with Crippen molar-refractivity contribution in [2.75, 3.05) is 11.9 Å². The number of halogens is 1. The molecule has 140 valence electrons. The number of amides is 2. The number of rotatable bonds is 5. The Balaban J connectivity index is 1.37. The standard InChI is InChI=1S/C21H22ClN3O2/c22-17-5-7-18(8-6-17)25-21(26)24-14-16-3-11-20(12-4-16)27-19-9-1-15(13-23)2-10-19/h1-2,5-10,16,20H,3-4,11-12,14H2,(H2,24,25,26). The number of hydrogen-bond acceptors (Lipinski definition) is 3. The first-order valence-electron chi connectivity index (χ1n) is 9.09. The van der Waals surface area contributed by atoms with Gasteiger partial charge in [0.1, 0.15) is 5.75 Å². The van der Waals surface area contributed by atoms with Gasteiger partial charge in [-0.25, -0.2) is 4.79 Å². The maximum Gasteiger partial charge on any atom is 0.319 e. The second-order valence-corrected chi connectivity index (χ2v) is 7.18. The van der Waals surface area contributed by atoms with Gasteiger partial charge in [-0.3, -0.25) is 0 Å². The number of benzene rings is 2. The average Bonchev–Trinajstić information content (AvgIpc) is 2.70. The number of nitriles is 1. The summed E-state index contributed by atoms with van der Waals surface area (Å²) < 4.78 is 6.00. The molecule has 1 saturated carbocycles. The summed E-state index contributed by atoms with van der Waals surface area (Å²) in [5.41, 5.74) is 1.35. The molecule has 0 heterocycles. The Morgan fingerprint density at radius 2 is 1.74 bits per heavy atom. The van der Waals surface area contributed by atoms with E-state index in [1.807, 2.05) is 12.1 Å². The van der Waals surface area contributed by atoms with E-state index >= 15 is 0 Å². The van der Waals surface area contributed by atoms with Gasteiger partial charge in [-0.1, -0.05) is 11.6 Å². The van der Waals surface area contributed by atoms with Crippen LogP contribution in [0.25, 0.3) is 0 Å². The van der Waals surface area contributed by atoms with E-state index in [9.17, 15) is 4.79 Å². The van der Waals surface area contributed by atoms with E-state index in [4.69, 9.17) is 21.6 Å². The maximum atomic E-state index is 12.0. The number of urea groups is 1. The SMILES string of the molecule is N#Cc1ccc(OC2CCC(CNC(=O)Nc3ccc(Cl)cc3)CC2)cc1. The van der Waals surface area contributed by atoms with Gasteiger partial charge in [-0.05, 0) is 80.1 Å². The van der Waals surface area contributed by atoms with E-state index < -0.39 is 0 Å². The predicted octanol–water partition coefficient (Wildman–Crippen LogP) is 4.97. The van der Waals surface area contributed by atoms with E-state index in [0.717, 1.165) is 37.1 Å². The number of anilines is 1. The Morgan fingerprint density at radius 1 is 1.07 bits per heavy atom. The van der Waals surface area contributed by atoms with Crippen LogP contribution in [0, 0.1) is 17.2 Å². The summed E-state index contributed by atoms with van der Waals surface area (Å²) in [7, 11) is 0. The molecule has 27 heavy (non-hydrogen) atoms. The van der Waals surface area contributed by atoms with Crippen LogP contribution in [0.3, 0.4) is 0 Å². The van der Waals surface area contributed by atoms with Crippen molar-refractivity contribution in [1.29, 1.82) is 5.26 Å². The molecule has 0 saturated heterocycles. The molecule has 0 radical (unpaired) electrons. The fourth-order valence-corrected chi connectivity index (χ4v) is 3.33. The number of hydrogen-bond donors (Lipinski definition) is 2. The summed E-state index contributed by atoms with van der Waals surface area (Å²) in [6.07, 6.45) is 4.15. The Hall–Kier alpha value is -2.71. The van der Waals surface area contributed by atoms with Crippen molar-refractivity contribution < 1.29 is 9.53 Å². The highest BCUT2D eigenvalue weighted by Gasteiger charge is 2.22. The lowest BCUT2D eigenvalue weighted by Crippen LogP contribution is -2.35. The zero-order chi connectivity index (χ0) is 19.1. The van der Waals surface area contributed by atoms with Gasteiger partial charge in [0, 0.05) is 17.3 Å². The van der Waals surface area contributed by atoms with E-state index in [1.165, 1.54) is 0 Å². The monoisotopic (exact) mass is 383 g/mol. The number of carbonyl (C=O) groups excluding carboxylic acids is 1. The average molecular weight is 384 g/mol. The minimum absolute atomic E-state index is 0.192. The predicted molar refractivity (Wildman–Crippen MR) is 106 cm³/mol. The Kier molecular flexibility index (Phi) is 6.56. The van der Waals surface area contributed by atoms with E-state index in [-0.39, 0.29) is 12.1 Å². The van der Waals surface area contributed by atoms with Crippen LogP contribution in [-0.4, -0.2) is 18.7 Å². The summed E-state index contributed by atoms with van der Waals surface area (Å²) in [5.74, 6) is 1.26. The van der Waals surface area contributed by atoms with Crippen molar-refractivity contribution in [2.45, 2.75) is 31.8 Å². The first-order valence-corrected chi connectivity index (χ1v) is 9.47. The second-order valence-electron chi connectivity index (χ2n) is 6.74. The fraction of sp³-hybridized carbons (Fsp3) is 0.333. The minimum atomic E-state index is -0.201. The van der Waals surface area contributed by atoms with Gasteiger partial charge in [0.2, 0.25) is 0 Å². The largest absolute Gasteiger partial charge is 0.490 e. The highest BCUT2D eigenvalue weighted by Crippen LogP contribution is 2.27. The summed E-state index contributed by atoms with van der Waals surface area (Å²) in [6, 6.07) is 16.1. The molecule has 2 aromatic rings. The summed E-state index contributed by atoms with van der Waals surface area (Å²) in [6.45, 7) is 0.656. The second kappa shape index (κ2) is 9.29. The zero-order valence-electron chi connectivity index (χ0n) is 15.0. The summed E-state index contributed by atoms with van der Waals surface area (Å²) >= 11 is 5.84. The van der Waals surface area contributed by atoms with Gasteiger partial charge in [0.05, 0.1) is 17.7 Å². The molecule has 2 amide bonds. The first kappa shape index (κ1) is 19.1. The summed E-state index contributed by atoms with van der Waals surface area (Å²) in [5, 5.41) is 15.2. The Morgan fingerprint density at radius 3 is 2.37 bits per heavy atom. The van der Waals surface area contributed by atoms with Crippen LogP contribution in [-0.2, 0) is 0 Å². The molecule has 0 bridgehead atoms.